The van der Waals surface area contributed by atoms with Crippen LogP contribution in [0.25, 0.3) is 0 Å². The number of aryl methyl sites for hydroxylation is 2. The molecule has 0 aromatic heterocycles. The first kappa shape index (κ1) is 15.5. The Morgan fingerprint density at radius 3 is 2.76 bits per heavy atom. The second kappa shape index (κ2) is 6.72. The van der Waals surface area contributed by atoms with E-state index < -0.39 is 0 Å². The lowest BCUT2D eigenvalue weighted by atomic mass is 9.97. The van der Waals surface area contributed by atoms with Crippen molar-refractivity contribution in [2.75, 3.05) is 25.0 Å². The predicted octanol–water partition coefficient (Wildman–Crippen LogP) is 0.0221. The number of carbonyl (C=O) groups excluding carboxylic acids is 2. The number of piperidine rings is 1. The third-order valence-corrected chi connectivity index (χ3v) is 4.22. The van der Waals surface area contributed by atoms with Crippen molar-refractivity contribution in [1.82, 2.24) is 0 Å². The molecule has 1 aliphatic heterocycles. The number of likely N-dealkylation sites (tertiary alicyclic amines) is 1. The fourth-order valence-electron chi connectivity index (χ4n) is 2.81. The minimum Gasteiger partial charge on any atom is -0.369 e. The number of hydrogen-bond acceptors (Lipinski definition) is 2. The van der Waals surface area contributed by atoms with Gasteiger partial charge in [0.05, 0.1) is 19.0 Å². The van der Waals surface area contributed by atoms with Crippen molar-refractivity contribution in [2.45, 2.75) is 26.7 Å². The summed E-state index contributed by atoms with van der Waals surface area (Å²) in [5.74, 6) is -0.358. The molecule has 0 spiro atoms. The zero-order valence-corrected chi connectivity index (χ0v) is 12.7. The van der Waals surface area contributed by atoms with Gasteiger partial charge in [-0.2, -0.15) is 0 Å². The second-order valence-electron chi connectivity index (χ2n) is 5.97. The highest BCUT2D eigenvalue weighted by Gasteiger charge is 2.28. The summed E-state index contributed by atoms with van der Waals surface area (Å²) < 4.78 is 0. The highest BCUT2D eigenvalue weighted by Crippen LogP contribution is 2.13. The topological polar surface area (TPSA) is 76.6 Å². The van der Waals surface area contributed by atoms with Crippen LogP contribution in [0.15, 0.2) is 18.2 Å². The van der Waals surface area contributed by atoms with E-state index in [1.807, 2.05) is 32.0 Å². The number of carbonyl (C=O) groups is 2. The molecule has 1 saturated heterocycles. The molecule has 2 rings (SSSR count). The van der Waals surface area contributed by atoms with Crippen molar-refractivity contribution in [3.05, 3.63) is 29.3 Å². The molecule has 114 valence electrons. The zero-order valence-electron chi connectivity index (χ0n) is 12.7. The highest BCUT2D eigenvalue weighted by molar-refractivity contribution is 5.91. The van der Waals surface area contributed by atoms with E-state index in [2.05, 4.69) is 5.32 Å². The van der Waals surface area contributed by atoms with Crippen molar-refractivity contribution in [3.8, 4) is 0 Å². The third-order valence-electron chi connectivity index (χ3n) is 4.22. The molecule has 1 aromatic rings. The van der Waals surface area contributed by atoms with E-state index in [0.717, 1.165) is 35.5 Å². The number of nitrogens with two attached hydrogens (primary N) is 1. The number of amides is 2. The molecule has 0 saturated carbocycles. The Hall–Kier alpha value is -1.88. The Balaban J connectivity index is 1.89. The van der Waals surface area contributed by atoms with Gasteiger partial charge in [0.15, 0.2) is 6.54 Å². The lowest BCUT2D eigenvalue weighted by molar-refractivity contribution is -0.899. The second-order valence-corrected chi connectivity index (χ2v) is 5.97. The van der Waals surface area contributed by atoms with E-state index in [1.54, 1.807) is 0 Å². The van der Waals surface area contributed by atoms with E-state index in [0.29, 0.717) is 13.1 Å². The van der Waals surface area contributed by atoms with Gasteiger partial charge in [-0.1, -0.05) is 6.07 Å². The monoisotopic (exact) mass is 290 g/mol. The van der Waals surface area contributed by atoms with Crippen LogP contribution in [0.2, 0.25) is 0 Å². The van der Waals surface area contributed by atoms with Crippen LogP contribution >= 0.6 is 0 Å². The SMILES string of the molecule is Cc1ccc(NC(=O)C[NH+]2CCC[C@@H](C(N)=O)C2)cc1C. The number of primary amides is 1. The minimum atomic E-state index is -0.248. The van der Waals surface area contributed by atoms with Crippen molar-refractivity contribution in [3.63, 3.8) is 0 Å². The van der Waals surface area contributed by atoms with Gasteiger partial charge < -0.3 is 16.0 Å². The van der Waals surface area contributed by atoms with Crippen LogP contribution in [0.3, 0.4) is 0 Å². The first-order valence-corrected chi connectivity index (χ1v) is 7.45. The number of nitrogens with one attached hydrogen (secondary N) is 2. The van der Waals surface area contributed by atoms with Gasteiger partial charge in [0.1, 0.15) is 0 Å². The fraction of sp³-hybridized carbons (Fsp3) is 0.500. The van der Waals surface area contributed by atoms with E-state index >= 15 is 0 Å². The van der Waals surface area contributed by atoms with Crippen molar-refractivity contribution >= 4 is 17.5 Å². The van der Waals surface area contributed by atoms with E-state index in [9.17, 15) is 9.59 Å². The van der Waals surface area contributed by atoms with E-state index in [-0.39, 0.29) is 17.7 Å². The Kier molecular flexibility index (Phi) is 4.96. The summed E-state index contributed by atoms with van der Waals surface area (Å²) in [6, 6.07) is 5.89. The average molecular weight is 290 g/mol. The molecule has 4 N–H and O–H groups in total. The number of rotatable bonds is 4. The number of benzene rings is 1. The number of anilines is 1. The molecular weight excluding hydrogens is 266 g/mol. The zero-order chi connectivity index (χ0) is 15.4. The molecule has 21 heavy (non-hydrogen) atoms. The highest BCUT2D eigenvalue weighted by atomic mass is 16.2. The normalized spacial score (nSPS) is 21.8. The molecule has 0 aliphatic carbocycles. The maximum atomic E-state index is 12.1. The number of hydrogen-bond donors (Lipinski definition) is 3. The average Bonchev–Trinajstić information content (AvgIpc) is 2.43. The standard InChI is InChI=1S/C16H23N3O2/c1-11-5-6-14(8-12(11)2)18-15(20)10-19-7-3-4-13(9-19)16(17)21/h5-6,8,13H,3-4,7,9-10H2,1-2H3,(H2,17,21)(H,18,20)/p+1/t13-/m1/s1. The van der Waals surface area contributed by atoms with Gasteiger partial charge >= 0.3 is 0 Å². The smallest absolute Gasteiger partial charge is 0.279 e. The first-order valence-electron chi connectivity index (χ1n) is 7.45. The summed E-state index contributed by atoms with van der Waals surface area (Å²) in [6.45, 7) is 6.04. The van der Waals surface area contributed by atoms with Crippen molar-refractivity contribution < 1.29 is 14.5 Å². The molecular formula is C16H24N3O2+. The van der Waals surface area contributed by atoms with Gasteiger partial charge in [-0.05, 0) is 49.9 Å². The van der Waals surface area contributed by atoms with Crippen molar-refractivity contribution in [1.29, 1.82) is 0 Å². The molecule has 0 bridgehead atoms. The summed E-state index contributed by atoms with van der Waals surface area (Å²) in [5.41, 5.74) is 8.55. The van der Waals surface area contributed by atoms with Crippen LogP contribution in [-0.4, -0.2) is 31.4 Å². The Labute approximate surface area is 125 Å². The summed E-state index contributed by atoms with van der Waals surface area (Å²) in [7, 11) is 0. The first-order chi connectivity index (χ1) is 9.95. The Bertz CT molecular complexity index is 542. The molecule has 2 amide bonds. The van der Waals surface area contributed by atoms with Gasteiger partial charge in [0.25, 0.3) is 5.91 Å². The van der Waals surface area contributed by atoms with Crippen LogP contribution in [0.1, 0.15) is 24.0 Å². The van der Waals surface area contributed by atoms with Crippen molar-refractivity contribution in [2.24, 2.45) is 11.7 Å². The summed E-state index contributed by atoms with van der Waals surface area (Å²) in [6.07, 6.45) is 1.79. The van der Waals surface area contributed by atoms with E-state index in [4.69, 9.17) is 5.73 Å². The van der Waals surface area contributed by atoms with Gasteiger partial charge in [-0.15, -0.1) is 0 Å². The molecule has 1 aromatic carbocycles. The maximum absolute atomic E-state index is 12.1. The van der Waals surface area contributed by atoms with Crippen LogP contribution in [-0.2, 0) is 9.59 Å². The molecule has 5 heteroatoms. The summed E-state index contributed by atoms with van der Waals surface area (Å²) >= 11 is 0. The molecule has 1 unspecified atom stereocenters. The summed E-state index contributed by atoms with van der Waals surface area (Å²) in [4.78, 5) is 24.5. The minimum absolute atomic E-state index is 0.0154. The van der Waals surface area contributed by atoms with Crippen LogP contribution in [0, 0.1) is 19.8 Å². The molecule has 1 heterocycles. The predicted molar refractivity (Wildman–Crippen MR) is 82.0 cm³/mol. The summed E-state index contributed by atoms with van der Waals surface area (Å²) in [5, 5.41) is 2.93. The van der Waals surface area contributed by atoms with Gasteiger partial charge in [-0.3, -0.25) is 9.59 Å². The van der Waals surface area contributed by atoms with Gasteiger partial charge in [-0.25, -0.2) is 0 Å². The largest absolute Gasteiger partial charge is 0.369 e. The van der Waals surface area contributed by atoms with Crippen LogP contribution < -0.4 is 16.0 Å². The molecule has 0 radical (unpaired) electrons. The lowest BCUT2D eigenvalue weighted by Gasteiger charge is -2.27. The Morgan fingerprint density at radius 1 is 1.33 bits per heavy atom. The van der Waals surface area contributed by atoms with E-state index in [1.165, 1.54) is 5.56 Å². The van der Waals surface area contributed by atoms with Crippen LogP contribution in [0.4, 0.5) is 5.69 Å². The number of quaternary nitrogens is 1. The Morgan fingerprint density at radius 2 is 2.10 bits per heavy atom. The maximum Gasteiger partial charge on any atom is 0.279 e. The molecule has 1 aliphatic rings. The fourth-order valence-corrected chi connectivity index (χ4v) is 2.81. The van der Waals surface area contributed by atoms with Gasteiger partial charge in [0.2, 0.25) is 5.91 Å². The van der Waals surface area contributed by atoms with Gasteiger partial charge in [0, 0.05) is 5.69 Å². The third kappa shape index (κ3) is 4.29. The quantitative estimate of drug-likeness (QED) is 0.731. The molecule has 1 fully saturated rings. The van der Waals surface area contributed by atoms with Crippen LogP contribution in [0.5, 0.6) is 0 Å². The molecule has 2 atom stereocenters. The lowest BCUT2D eigenvalue weighted by Crippen LogP contribution is -3.14. The molecule has 5 nitrogen and oxygen atoms in total.